The molecule has 0 aromatic carbocycles. The van der Waals surface area contributed by atoms with Gasteiger partial charge in [-0.25, -0.2) is 0 Å². The Kier molecular flexibility index (Phi) is 64.3. The van der Waals surface area contributed by atoms with Crippen molar-refractivity contribution in [2.75, 3.05) is 13.2 Å². The second-order valence-corrected chi connectivity index (χ2v) is 22.3. The Hall–Kier alpha value is -3.93. The Morgan fingerprint density at radius 3 is 0.800 bits per heavy atom. The van der Waals surface area contributed by atoms with Crippen LogP contribution in [0, 0.1) is 0 Å². The van der Waals surface area contributed by atoms with Crippen LogP contribution in [0.4, 0.5) is 0 Å². The SMILES string of the molecule is CC/C=C\C/C=C\C/C=C\C/C=C\CCCCCCCCCCCCCCCCCCCCC(=O)OCC(COC(=O)CCCC/C=C\C/C=C\C/C=C\C/C=C\CC)OC(=O)CCCCCCC/C=C\CCCCCCCCC. The molecule has 0 rings (SSSR count). The van der Waals surface area contributed by atoms with E-state index in [1.807, 2.05) is 0 Å². The fourth-order valence-electron chi connectivity index (χ4n) is 9.48. The first kappa shape index (κ1) is 76.1. The van der Waals surface area contributed by atoms with Crippen LogP contribution in [0.25, 0.3) is 0 Å². The molecular weight excluding hydrogens is 985 g/mol. The molecule has 0 heterocycles. The largest absolute Gasteiger partial charge is 0.462 e. The summed E-state index contributed by atoms with van der Waals surface area (Å²) in [5.74, 6) is -0.933. The molecule has 0 saturated carbocycles. The molecule has 1 unspecified atom stereocenters. The van der Waals surface area contributed by atoms with Crippen LogP contribution in [-0.2, 0) is 28.6 Å². The molecule has 0 saturated heterocycles. The predicted molar refractivity (Wildman–Crippen MR) is 348 cm³/mol. The summed E-state index contributed by atoms with van der Waals surface area (Å²) < 4.78 is 16.9. The van der Waals surface area contributed by atoms with E-state index in [9.17, 15) is 14.4 Å². The minimum absolute atomic E-state index is 0.0925. The average Bonchev–Trinajstić information content (AvgIpc) is 3.46. The third kappa shape index (κ3) is 64.9. The van der Waals surface area contributed by atoms with Gasteiger partial charge < -0.3 is 14.2 Å². The van der Waals surface area contributed by atoms with Crippen molar-refractivity contribution in [3.8, 4) is 0 Å². The summed E-state index contributed by atoms with van der Waals surface area (Å²) >= 11 is 0. The van der Waals surface area contributed by atoms with Gasteiger partial charge in [0.2, 0.25) is 0 Å². The number of carbonyl (C=O) groups is 3. The van der Waals surface area contributed by atoms with Crippen molar-refractivity contribution in [3.63, 3.8) is 0 Å². The van der Waals surface area contributed by atoms with Crippen molar-refractivity contribution < 1.29 is 28.6 Å². The number of ether oxygens (including phenoxy) is 3. The number of esters is 3. The lowest BCUT2D eigenvalue weighted by Gasteiger charge is -2.18. The number of rotatable bonds is 61. The maximum absolute atomic E-state index is 12.9. The third-order valence-electron chi connectivity index (χ3n) is 14.5. The van der Waals surface area contributed by atoms with Crippen molar-refractivity contribution in [2.45, 2.75) is 329 Å². The monoisotopic (exact) mass is 1110 g/mol. The summed E-state index contributed by atoms with van der Waals surface area (Å²) in [5.41, 5.74) is 0. The minimum Gasteiger partial charge on any atom is -0.462 e. The third-order valence-corrected chi connectivity index (χ3v) is 14.5. The van der Waals surface area contributed by atoms with Crippen molar-refractivity contribution in [2.24, 2.45) is 0 Å². The highest BCUT2D eigenvalue weighted by Gasteiger charge is 2.19. The number of unbranched alkanes of at least 4 members (excludes halogenated alkanes) is 32. The fraction of sp³-hybridized carbons (Fsp3) is 0.716. The number of hydrogen-bond donors (Lipinski definition) is 0. The van der Waals surface area contributed by atoms with Gasteiger partial charge in [0.1, 0.15) is 13.2 Å². The minimum atomic E-state index is -0.800. The molecule has 458 valence electrons. The first-order chi connectivity index (χ1) is 39.5. The fourth-order valence-corrected chi connectivity index (χ4v) is 9.48. The summed E-state index contributed by atoms with van der Waals surface area (Å²) in [4.78, 5) is 38.3. The summed E-state index contributed by atoms with van der Waals surface area (Å²) in [6, 6.07) is 0. The van der Waals surface area contributed by atoms with E-state index in [1.54, 1.807) is 0 Å². The van der Waals surface area contributed by atoms with E-state index in [0.717, 1.165) is 122 Å². The quantitative estimate of drug-likeness (QED) is 0.0261. The highest BCUT2D eigenvalue weighted by Crippen LogP contribution is 2.17. The number of hydrogen-bond acceptors (Lipinski definition) is 6. The molecule has 0 N–H and O–H groups in total. The zero-order chi connectivity index (χ0) is 57.8. The Labute approximate surface area is 495 Å². The molecule has 6 nitrogen and oxygen atoms in total. The molecule has 0 bridgehead atoms. The van der Waals surface area contributed by atoms with Crippen molar-refractivity contribution in [1.82, 2.24) is 0 Å². The molecule has 0 aliphatic carbocycles. The Morgan fingerprint density at radius 1 is 0.263 bits per heavy atom. The van der Waals surface area contributed by atoms with Crippen molar-refractivity contribution in [3.05, 3.63) is 109 Å². The van der Waals surface area contributed by atoms with Crippen LogP contribution in [0.2, 0.25) is 0 Å². The lowest BCUT2D eigenvalue weighted by atomic mass is 10.0. The Balaban J connectivity index is 4.25. The summed E-state index contributed by atoms with van der Waals surface area (Å²) in [7, 11) is 0. The number of carbonyl (C=O) groups excluding carboxylic acids is 3. The van der Waals surface area contributed by atoms with Crippen LogP contribution in [-0.4, -0.2) is 37.2 Å². The molecule has 0 aromatic rings. The van der Waals surface area contributed by atoms with E-state index in [-0.39, 0.29) is 31.1 Å². The van der Waals surface area contributed by atoms with E-state index in [2.05, 4.69) is 130 Å². The summed E-state index contributed by atoms with van der Waals surface area (Å²) in [6.45, 7) is 6.40. The molecule has 0 spiro atoms. The van der Waals surface area contributed by atoms with Crippen molar-refractivity contribution in [1.29, 1.82) is 0 Å². The predicted octanol–water partition coefficient (Wildman–Crippen LogP) is 23.4. The lowest BCUT2D eigenvalue weighted by molar-refractivity contribution is -0.167. The van der Waals surface area contributed by atoms with Gasteiger partial charge in [-0.05, 0) is 122 Å². The summed E-state index contributed by atoms with van der Waals surface area (Å²) in [5, 5.41) is 0. The van der Waals surface area contributed by atoms with Crippen LogP contribution in [0.3, 0.4) is 0 Å². The molecule has 6 heteroatoms. The van der Waals surface area contributed by atoms with Crippen molar-refractivity contribution >= 4 is 17.9 Å². The van der Waals surface area contributed by atoms with Crippen LogP contribution in [0.15, 0.2) is 109 Å². The molecule has 0 radical (unpaired) electrons. The maximum atomic E-state index is 12.9. The summed E-state index contributed by atoms with van der Waals surface area (Å²) in [6.07, 6.45) is 92.6. The van der Waals surface area contributed by atoms with Crippen LogP contribution in [0.5, 0.6) is 0 Å². The standard InChI is InChI=1S/C74H126O6/c1-4-7-10-13-16-19-22-25-28-30-31-32-33-34-35-36-37-38-39-40-41-42-43-44-47-49-52-55-58-61-64-67-73(76)79-70-71(69-78-72(75)66-63-60-57-54-51-48-45-27-24-21-18-15-12-9-6-3)80-74(77)68-65-62-59-56-53-50-46-29-26-23-20-17-14-11-8-5-2/h7,9-10,12,16,18-19,21,25,27-29,31-32,45-46,51,54,71H,4-6,8,11,13-15,17,20,22-24,26,30,33-44,47-50,52-53,55-70H2,1-3H3/b10-7-,12-9-,19-16-,21-18-,28-25-,32-31-,45-27-,46-29-,54-51-. The molecule has 80 heavy (non-hydrogen) atoms. The molecular formula is C74H126O6. The van der Waals surface area contributed by atoms with Gasteiger partial charge in [0, 0.05) is 19.3 Å². The smallest absolute Gasteiger partial charge is 0.306 e. The van der Waals surface area contributed by atoms with Gasteiger partial charge in [-0.1, -0.05) is 291 Å². The second-order valence-electron chi connectivity index (χ2n) is 22.3. The maximum Gasteiger partial charge on any atom is 0.306 e. The first-order valence-corrected chi connectivity index (χ1v) is 33.9. The molecule has 0 aliphatic heterocycles. The van der Waals surface area contributed by atoms with E-state index in [4.69, 9.17) is 14.2 Å². The molecule has 0 amide bonds. The van der Waals surface area contributed by atoms with E-state index in [0.29, 0.717) is 19.3 Å². The molecule has 0 aromatic heterocycles. The van der Waals surface area contributed by atoms with Gasteiger partial charge in [-0.3, -0.25) is 14.4 Å². The van der Waals surface area contributed by atoms with Crippen LogP contribution < -0.4 is 0 Å². The topological polar surface area (TPSA) is 78.9 Å². The van der Waals surface area contributed by atoms with Crippen LogP contribution >= 0.6 is 0 Å². The normalized spacial score (nSPS) is 12.8. The van der Waals surface area contributed by atoms with E-state index in [1.165, 1.54) is 161 Å². The van der Waals surface area contributed by atoms with Gasteiger partial charge in [0.25, 0.3) is 0 Å². The lowest BCUT2D eigenvalue weighted by Crippen LogP contribution is -2.30. The van der Waals surface area contributed by atoms with E-state index >= 15 is 0 Å². The zero-order valence-corrected chi connectivity index (χ0v) is 52.6. The van der Waals surface area contributed by atoms with Gasteiger partial charge in [-0.2, -0.15) is 0 Å². The number of allylic oxidation sites excluding steroid dienone is 18. The van der Waals surface area contributed by atoms with Gasteiger partial charge in [0.15, 0.2) is 6.10 Å². The Bertz CT molecular complexity index is 1610. The van der Waals surface area contributed by atoms with E-state index < -0.39 is 6.10 Å². The van der Waals surface area contributed by atoms with Gasteiger partial charge in [0.05, 0.1) is 0 Å². The Morgan fingerprint density at radius 2 is 0.487 bits per heavy atom. The second kappa shape index (κ2) is 67.6. The van der Waals surface area contributed by atoms with Crippen LogP contribution in [0.1, 0.15) is 323 Å². The molecule has 1 atom stereocenters. The molecule has 0 fully saturated rings. The first-order valence-electron chi connectivity index (χ1n) is 33.9. The van der Waals surface area contributed by atoms with Gasteiger partial charge in [-0.15, -0.1) is 0 Å². The van der Waals surface area contributed by atoms with Gasteiger partial charge >= 0.3 is 17.9 Å². The zero-order valence-electron chi connectivity index (χ0n) is 52.6. The average molecular weight is 1110 g/mol. The highest BCUT2D eigenvalue weighted by molar-refractivity contribution is 5.71. The molecule has 0 aliphatic rings. The highest BCUT2D eigenvalue weighted by atomic mass is 16.6.